The molecule has 8 heteroatoms. The van der Waals surface area contributed by atoms with E-state index in [4.69, 9.17) is 9.47 Å². The van der Waals surface area contributed by atoms with Crippen molar-refractivity contribution < 1.29 is 29.0 Å². The second-order valence-corrected chi connectivity index (χ2v) is 8.50. The van der Waals surface area contributed by atoms with Gasteiger partial charge in [0.05, 0.1) is 12.0 Å². The van der Waals surface area contributed by atoms with E-state index >= 15 is 0 Å². The van der Waals surface area contributed by atoms with Crippen molar-refractivity contribution in [2.75, 3.05) is 26.8 Å². The van der Waals surface area contributed by atoms with Gasteiger partial charge in [-0.25, -0.2) is 4.79 Å². The molecule has 2 aromatic carbocycles. The fourth-order valence-electron chi connectivity index (χ4n) is 4.26. The minimum absolute atomic E-state index is 0.0317. The van der Waals surface area contributed by atoms with Crippen LogP contribution in [0.1, 0.15) is 37.8 Å². The molecule has 0 spiro atoms. The van der Waals surface area contributed by atoms with Crippen molar-refractivity contribution in [3.05, 3.63) is 59.7 Å². The van der Waals surface area contributed by atoms with E-state index in [-0.39, 0.29) is 19.1 Å². The topological polar surface area (TPSA) is 105 Å². The van der Waals surface area contributed by atoms with E-state index in [2.05, 4.69) is 17.4 Å². The molecule has 0 fully saturated rings. The summed E-state index contributed by atoms with van der Waals surface area (Å²) in [5, 5.41) is 11.8. The summed E-state index contributed by atoms with van der Waals surface area (Å²) in [5.74, 6) is -2.25. The maximum atomic E-state index is 13.1. The van der Waals surface area contributed by atoms with Crippen LogP contribution in [0.3, 0.4) is 0 Å². The maximum absolute atomic E-state index is 13.1. The number of hydrogen-bond acceptors (Lipinski definition) is 5. The van der Waals surface area contributed by atoms with Crippen LogP contribution in [0.5, 0.6) is 0 Å². The fourth-order valence-corrected chi connectivity index (χ4v) is 4.26. The molecule has 0 saturated carbocycles. The summed E-state index contributed by atoms with van der Waals surface area (Å²) >= 11 is 0. The number of methoxy groups -OCH3 is 1. The van der Waals surface area contributed by atoms with Gasteiger partial charge in [0, 0.05) is 26.1 Å². The number of nitrogens with one attached hydrogen (secondary N) is 1. The van der Waals surface area contributed by atoms with Crippen molar-refractivity contribution in [1.29, 1.82) is 0 Å². The lowest BCUT2D eigenvalue weighted by molar-refractivity contribution is -0.144. The molecule has 3 rings (SSSR count). The van der Waals surface area contributed by atoms with E-state index in [1.807, 2.05) is 36.4 Å². The lowest BCUT2D eigenvalue weighted by Crippen LogP contribution is -2.55. The zero-order valence-corrected chi connectivity index (χ0v) is 20.0. The van der Waals surface area contributed by atoms with Crippen LogP contribution in [0, 0.1) is 5.92 Å². The van der Waals surface area contributed by atoms with Crippen molar-refractivity contribution in [1.82, 2.24) is 10.2 Å². The van der Waals surface area contributed by atoms with Gasteiger partial charge in [0.2, 0.25) is 5.91 Å². The molecule has 0 bridgehead atoms. The Morgan fingerprint density at radius 3 is 2.09 bits per heavy atom. The number of nitrogens with zero attached hydrogens (tertiary/aromatic N) is 1. The minimum atomic E-state index is -1.01. The Hall–Kier alpha value is -3.39. The quantitative estimate of drug-likeness (QED) is 0.553. The molecule has 0 aliphatic heterocycles. The van der Waals surface area contributed by atoms with Gasteiger partial charge in [-0.3, -0.25) is 9.59 Å². The van der Waals surface area contributed by atoms with Crippen molar-refractivity contribution in [2.45, 2.75) is 38.8 Å². The SMILES string of the molecule is CCN(CC(C)C(=O)O)C(=O)[C@@H](NC(=O)OCC1c2ccccc2-c2ccccc21)[C@@H](C)OC. The zero-order valence-electron chi connectivity index (χ0n) is 20.0. The minimum Gasteiger partial charge on any atom is -0.481 e. The van der Waals surface area contributed by atoms with E-state index in [1.54, 1.807) is 13.8 Å². The predicted octanol–water partition coefficient (Wildman–Crippen LogP) is 3.50. The first kappa shape index (κ1) is 25.2. The highest BCUT2D eigenvalue weighted by Crippen LogP contribution is 2.44. The Kier molecular flexibility index (Phi) is 8.28. The molecule has 8 nitrogen and oxygen atoms in total. The molecule has 0 radical (unpaired) electrons. The Bertz CT molecular complexity index is 994. The molecule has 2 amide bonds. The standard InChI is InChI=1S/C26H32N2O6/c1-5-28(14-16(2)25(30)31)24(29)23(17(3)33-4)27-26(32)34-15-22-20-12-8-6-10-18(20)19-11-7-9-13-21(19)22/h6-13,16-17,22-23H,5,14-15H2,1-4H3,(H,27,32)(H,30,31)/t16?,17-,23+/m1/s1. The highest BCUT2D eigenvalue weighted by atomic mass is 16.5. The van der Waals surface area contributed by atoms with E-state index in [0.29, 0.717) is 6.54 Å². The zero-order chi connectivity index (χ0) is 24.8. The number of hydrogen-bond donors (Lipinski definition) is 2. The molecule has 0 saturated heterocycles. The highest BCUT2D eigenvalue weighted by molar-refractivity contribution is 5.87. The average molecular weight is 469 g/mol. The highest BCUT2D eigenvalue weighted by Gasteiger charge is 2.33. The van der Waals surface area contributed by atoms with Crippen LogP contribution in [0.25, 0.3) is 11.1 Å². The third-order valence-corrected chi connectivity index (χ3v) is 6.33. The summed E-state index contributed by atoms with van der Waals surface area (Å²) in [6.45, 7) is 5.41. The van der Waals surface area contributed by atoms with Crippen LogP contribution >= 0.6 is 0 Å². The summed E-state index contributed by atoms with van der Waals surface area (Å²) in [6, 6.07) is 15.1. The number of alkyl carbamates (subject to hydrolysis) is 1. The fraction of sp³-hybridized carbons (Fsp3) is 0.423. The number of aliphatic carboxylic acids is 1. The van der Waals surface area contributed by atoms with Gasteiger partial charge >= 0.3 is 12.1 Å². The number of ether oxygens (including phenoxy) is 2. The normalized spacial score (nSPS) is 14.9. The second-order valence-electron chi connectivity index (χ2n) is 8.50. The molecule has 2 N–H and O–H groups in total. The first-order chi connectivity index (χ1) is 16.3. The van der Waals surface area contributed by atoms with Crippen LogP contribution in [-0.4, -0.2) is 66.9 Å². The van der Waals surface area contributed by atoms with Crippen LogP contribution in [0.15, 0.2) is 48.5 Å². The number of carbonyl (C=O) groups is 3. The third-order valence-electron chi connectivity index (χ3n) is 6.33. The molecule has 1 unspecified atom stereocenters. The molecule has 1 aliphatic rings. The molecular formula is C26H32N2O6. The Morgan fingerprint density at radius 2 is 1.59 bits per heavy atom. The van der Waals surface area contributed by atoms with Gasteiger partial charge in [-0.05, 0) is 36.1 Å². The lowest BCUT2D eigenvalue weighted by Gasteiger charge is -2.30. The number of amides is 2. The summed E-state index contributed by atoms with van der Waals surface area (Å²) in [6.07, 6.45) is -1.37. The van der Waals surface area contributed by atoms with E-state index in [1.165, 1.54) is 18.9 Å². The number of carboxylic acids is 1. The average Bonchev–Trinajstić information content (AvgIpc) is 3.17. The monoisotopic (exact) mass is 468 g/mol. The van der Waals surface area contributed by atoms with Crippen LogP contribution in [0.2, 0.25) is 0 Å². The van der Waals surface area contributed by atoms with Gasteiger partial charge in [-0.2, -0.15) is 0 Å². The van der Waals surface area contributed by atoms with Gasteiger partial charge in [-0.15, -0.1) is 0 Å². The Balaban J connectivity index is 1.70. The van der Waals surface area contributed by atoms with E-state index in [9.17, 15) is 19.5 Å². The first-order valence-corrected chi connectivity index (χ1v) is 11.4. The third kappa shape index (κ3) is 5.39. The molecule has 0 aromatic heterocycles. The molecule has 34 heavy (non-hydrogen) atoms. The molecule has 1 aliphatic carbocycles. The van der Waals surface area contributed by atoms with Crippen molar-refractivity contribution in [3.8, 4) is 11.1 Å². The predicted molar refractivity (Wildman–Crippen MR) is 128 cm³/mol. The number of rotatable bonds is 10. The van der Waals surface area contributed by atoms with E-state index < -0.39 is 36.0 Å². The molecule has 2 aromatic rings. The lowest BCUT2D eigenvalue weighted by atomic mass is 9.98. The van der Waals surface area contributed by atoms with Crippen LogP contribution < -0.4 is 5.32 Å². The van der Waals surface area contributed by atoms with Crippen molar-refractivity contribution >= 4 is 18.0 Å². The van der Waals surface area contributed by atoms with Gasteiger partial charge in [-0.1, -0.05) is 55.5 Å². The molecule has 0 heterocycles. The molecular weight excluding hydrogens is 436 g/mol. The smallest absolute Gasteiger partial charge is 0.407 e. The van der Waals surface area contributed by atoms with Gasteiger partial charge < -0.3 is 24.8 Å². The summed E-state index contributed by atoms with van der Waals surface area (Å²) in [5.41, 5.74) is 4.43. The van der Waals surface area contributed by atoms with Crippen LogP contribution in [-0.2, 0) is 19.1 Å². The van der Waals surface area contributed by atoms with Crippen molar-refractivity contribution in [2.24, 2.45) is 5.92 Å². The second kappa shape index (κ2) is 11.2. The number of fused-ring (bicyclic) bond motifs is 3. The Morgan fingerprint density at radius 1 is 1.03 bits per heavy atom. The maximum Gasteiger partial charge on any atom is 0.407 e. The summed E-state index contributed by atoms with van der Waals surface area (Å²) in [7, 11) is 1.44. The number of benzene rings is 2. The van der Waals surface area contributed by atoms with Gasteiger partial charge in [0.1, 0.15) is 12.6 Å². The first-order valence-electron chi connectivity index (χ1n) is 11.4. The number of carbonyl (C=O) groups excluding carboxylic acids is 2. The van der Waals surface area contributed by atoms with E-state index in [0.717, 1.165) is 22.3 Å². The van der Waals surface area contributed by atoms with Crippen molar-refractivity contribution in [3.63, 3.8) is 0 Å². The number of carboxylic acid groups (broad SMARTS) is 1. The van der Waals surface area contributed by atoms with Gasteiger partial charge in [0.25, 0.3) is 0 Å². The molecule has 182 valence electrons. The van der Waals surface area contributed by atoms with Gasteiger partial charge in [0.15, 0.2) is 0 Å². The number of likely N-dealkylation sites (N-methyl/N-ethyl adjacent to an activating group) is 1. The van der Waals surface area contributed by atoms with Crippen LogP contribution in [0.4, 0.5) is 4.79 Å². The molecule has 3 atom stereocenters. The Labute approximate surface area is 199 Å². The summed E-state index contributed by atoms with van der Waals surface area (Å²) in [4.78, 5) is 38.5. The summed E-state index contributed by atoms with van der Waals surface area (Å²) < 4.78 is 10.9. The largest absolute Gasteiger partial charge is 0.481 e.